The molecule has 0 unspecified atom stereocenters. The smallest absolute Gasteiger partial charge is 0.229 e. The molecule has 0 amide bonds. The number of H-pyrrole nitrogens is 1. The molecule has 0 aliphatic heterocycles. The summed E-state index contributed by atoms with van der Waals surface area (Å²) < 4.78 is 2.06. The fraction of sp³-hybridized carbons (Fsp3) is 0.333. The van der Waals surface area contributed by atoms with Crippen LogP contribution in [-0.4, -0.2) is 19.7 Å². The second-order valence-corrected chi connectivity index (χ2v) is 3.20. The highest BCUT2D eigenvalue weighted by Gasteiger charge is 2.08. The minimum atomic E-state index is 0.781. The van der Waals surface area contributed by atoms with E-state index in [-0.39, 0.29) is 0 Å². The van der Waals surface area contributed by atoms with Crippen molar-refractivity contribution in [2.45, 2.75) is 20.8 Å². The molecular weight excluding hydrogens is 164 g/mol. The normalized spacial score (nSPS) is 10.7. The number of nitrogens with one attached hydrogen (secondary N) is 1. The van der Waals surface area contributed by atoms with Crippen LogP contribution in [-0.2, 0) is 0 Å². The first-order valence-corrected chi connectivity index (χ1v) is 4.21. The first kappa shape index (κ1) is 8.04. The Morgan fingerprint density at radius 2 is 2.08 bits per heavy atom. The molecule has 0 aliphatic carbocycles. The number of aryl methyl sites for hydroxylation is 2. The highest BCUT2D eigenvalue weighted by molar-refractivity contribution is 5.31. The second kappa shape index (κ2) is 2.73. The molecule has 0 saturated heterocycles. The van der Waals surface area contributed by atoms with Gasteiger partial charge < -0.3 is 0 Å². The molecule has 2 rings (SSSR count). The van der Waals surface area contributed by atoms with Crippen LogP contribution in [0.2, 0.25) is 0 Å². The van der Waals surface area contributed by atoms with Gasteiger partial charge in [-0.3, -0.25) is 4.57 Å². The highest BCUT2D eigenvalue weighted by Crippen LogP contribution is 2.16. The first-order valence-electron chi connectivity index (χ1n) is 4.21. The summed E-state index contributed by atoms with van der Waals surface area (Å²) in [7, 11) is 0. The van der Waals surface area contributed by atoms with Gasteiger partial charge in [0, 0.05) is 11.4 Å². The van der Waals surface area contributed by atoms with Crippen molar-refractivity contribution >= 4 is 0 Å². The van der Waals surface area contributed by atoms with Gasteiger partial charge in [0.25, 0.3) is 0 Å². The maximum atomic E-state index is 4.12. The van der Waals surface area contributed by atoms with Crippen molar-refractivity contribution in [3.05, 3.63) is 29.3 Å². The number of rotatable bonds is 1. The third-order valence-corrected chi connectivity index (χ3v) is 2.30. The largest absolute Gasteiger partial charge is 0.287 e. The lowest BCUT2D eigenvalue weighted by molar-refractivity contribution is 0.875. The molecule has 0 radical (unpaired) electrons. The Kier molecular flexibility index (Phi) is 1.69. The van der Waals surface area contributed by atoms with Crippen LogP contribution in [0.4, 0.5) is 0 Å². The molecule has 0 aliphatic rings. The van der Waals surface area contributed by atoms with E-state index >= 15 is 0 Å². The Morgan fingerprint density at radius 3 is 2.54 bits per heavy atom. The predicted molar refractivity (Wildman–Crippen MR) is 49.9 cm³/mol. The minimum absolute atomic E-state index is 0.781. The average molecular weight is 176 g/mol. The minimum Gasteiger partial charge on any atom is -0.287 e. The third-order valence-electron chi connectivity index (χ3n) is 2.30. The van der Waals surface area contributed by atoms with Crippen molar-refractivity contribution in [2.24, 2.45) is 0 Å². The zero-order valence-corrected chi connectivity index (χ0v) is 8.00. The molecule has 4 nitrogen and oxygen atoms in total. The van der Waals surface area contributed by atoms with Gasteiger partial charge >= 0.3 is 0 Å². The van der Waals surface area contributed by atoms with E-state index in [1.54, 1.807) is 0 Å². The number of nitrogens with zero attached hydrogens (tertiary/aromatic N) is 3. The number of aromatic nitrogens is 4. The molecule has 2 aromatic heterocycles. The van der Waals surface area contributed by atoms with E-state index in [9.17, 15) is 0 Å². The average Bonchev–Trinajstić information content (AvgIpc) is 2.63. The van der Waals surface area contributed by atoms with Crippen LogP contribution >= 0.6 is 0 Å². The van der Waals surface area contributed by atoms with Crippen LogP contribution in [0, 0.1) is 20.8 Å². The van der Waals surface area contributed by atoms with E-state index < -0.39 is 0 Å². The summed E-state index contributed by atoms with van der Waals surface area (Å²) in [5, 5.41) is 6.68. The van der Waals surface area contributed by atoms with E-state index in [1.165, 1.54) is 23.3 Å². The van der Waals surface area contributed by atoms with E-state index in [1.807, 2.05) is 0 Å². The Balaban J connectivity index is 2.64. The van der Waals surface area contributed by atoms with Crippen LogP contribution in [0.25, 0.3) is 5.95 Å². The summed E-state index contributed by atoms with van der Waals surface area (Å²) >= 11 is 0. The highest BCUT2D eigenvalue weighted by atomic mass is 15.3. The van der Waals surface area contributed by atoms with Crippen LogP contribution < -0.4 is 0 Å². The van der Waals surface area contributed by atoms with Gasteiger partial charge in [0.05, 0.1) is 0 Å². The summed E-state index contributed by atoms with van der Waals surface area (Å²) in [5.41, 5.74) is 3.65. The SMILES string of the molecule is Cc1cc(C)n(-c2ncn[nH]2)c1C. The monoisotopic (exact) mass is 176 g/mol. The Labute approximate surface area is 76.6 Å². The zero-order chi connectivity index (χ0) is 9.42. The molecule has 4 heteroatoms. The summed E-state index contributed by atoms with van der Waals surface area (Å²) in [6, 6.07) is 2.14. The third kappa shape index (κ3) is 1.14. The maximum absolute atomic E-state index is 4.12. The van der Waals surface area contributed by atoms with Crippen LogP contribution in [0.15, 0.2) is 12.4 Å². The lowest BCUT2D eigenvalue weighted by atomic mass is 10.3. The van der Waals surface area contributed by atoms with Crippen LogP contribution in [0.3, 0.4) is 0 Å². The predicted octanol–water partition coefficient (Wildman–Crippen LogP) is 1.52. The topological polar surface area (TPSA) is 46.5 Å². The Morgan fingerprint density at radius 1 is 1.31 bits per heavy atom. The van der Waals surface area contributed by atoms with E-state index in [4.69, 9.17) is 0 Å². The van der Waals surface area contributed by atoms with Crippen molar-refractivity contribution in [1.82, 2.24) is 19.7 Å². The van der Waals surface area contributed by atoms with E-state index in [0.29, 0.717) is 0 Å². The van der Waals surface area contributed by atoms with E-state index in [2.05, 4.69) is 46.6 Å². The Bertz CT molecular complexity index is 411. The molecule has 13 heavy (non-hydrogen) atoms. The summed E-state index contributed by atoms with van der Waals surface area (Å²) in [6.45, 7) is 6.22. The number of aromatic amines is 1. The molecule has 2 aromatic rings. The number of hydrogen-bond donors (Lipinski definition) is 1. The lowest BCUT2D eigenvalue weighted by Crippen LogP contribution is -2.01. The fourth-order valence-corrected chi connectivity index (χ4v) is 1.56. The zero-order valence-electron chi connectivity index (χ0n) is 8.00. The van der Waals surface area contributed by atoms with Gasteiger partial charge in [-0.2, -0.15) is 10.1 Å². The standard InChI is InChI=1S/C9H12N4/c1-6-4-7(2)13(8(6)3)9-10-5-11-12-9/h4-5H,1-3H3,(H,10,11,12). The van der Waals surface area contributed by atoms with Crippen molar-refractivity contribution in [1.29, 1.82) is 0 Å². The lowest BCUT2D eigenvalue weighted by Gasteiger charge is -2.03. The maximum Gasteiger partial charge on any atom is 0.229 e. The van der Waals surface area contributed by atoms with Gasteiger partial charge in [0.1, 0.15) is 6.33 Å². The summed E-state index contributed by atoms with van der Waals surface area (Å²) in [6.07, 6.45) is 1.52. The van der Waals surface area contributed by atoms with Crippen LogP contribution in [0.1, 0.15) is 17.0 Å². The molecule has 2 heterocycles. The molecule has 0 bridgehead atoms. The molecule has 0 saturated carbocycles. The van der Waals surface area contributed by atoms with Gasteiger partial charge in [-0.1, -0.05) is 0 Å². The molecule has 68 valence electrons. The second-order valence-electron chi connectivity index (χ2n) is 3.20. The summed E-state index contributed by atoms with van der Waals surface area (Å²) in [5.74, 6) is 0.781. The summed E-state index contributed by atoms with van der Waals surface area (Å²) in [4.78, 5) is 4.12. The van der Waals surface area contributed by atoms with Crippen molar-refractivity contribution in [3.63, 3.8) is 0 Å². The number of hydrogen-bond acceptors (Lipinski definition) is 2. The molecule has 0 fully saturated rings. The van der Waals surface area contributed by atoms with Gasteiger partial charge in [0.2, 0.25) is 5.95 Å². The van der Waals surface area contributed by atoms with Gasteiger partial charge in [-0.25, -0.2) is 5.10 Å². The van der Waals surface area contributed by atoms with Gasteiger partial charge in [-0.15, -0.1) is 0 Å². The van der Waals surface area contributed by atoms with Gasteiger partial charge in [-0.05, 0) is 32.4 Å². The molecule has 0 atom stereocenters. The Hall–Kier alpha value is -1.58. The van der Waals surface area contributed by atoms with Crippen LogP contribution in [0.5, 0.6) is 0 Å². The van der Waals surface area contributed by atoms with Crippen molar-refractivity contribution < 1.29 is 0 Å². The quantitative estimate of drug-likeness (QED) is 0.716. The van der Waals surface area contributed by atoms with Gasteiger partial charge in [0.15, 0.2) is 0 Å². The molecule has 1 N–H and O–H groups in total. The molecule has 0 spiro atoms. The van der Waals surface area contributed by atoms with E-state index in [0.717, 1.165) is 5.95 Å². The molecule has 0 aromatic carbocycles. The first-order chi connectivity index (χ1) is 6.20. The van der Waals surface area contributed by atoms with Crippen molar-refractivity contribution in [2.75, 3.05) is 0 Å². The molecular formula is C9H12N4. The fourth-order valence-electron chi connectivity index (χ4n) is 1.56. The van der Waals surface area contributed by atoms with Crippen molar-refractivity contribution in [3.8, 4) is 5.95 Å².